The van der Waals surface area contributed by atoms with Crippen LogP contribution in [-0.2, 0) is 17.9 Å². The molecule has 1 saturated heterocycles. The van der Waals surface area contributed by atoms with Crippen LogP contribution in [0.1, 0.15) is 18.4 Å². The summed E-state index contributed by atoms with van der Waals surface area (Å²) in [5.74, 6) is 2.46. The molecule has 1 fully saturated rings. The normalized spacial score (nSPS) is 14.4. The molecule has 0 radical (unpaired) electrons. The van der Waals surface area contributed by atoms with Crippen molar-refractivity contribution < 1.29 is 14.3 Å². The fourth-order valence-electron chi connectivity index (χ4n) is 4.26. The molecular weight excluding hydrogens is 404 g/mol. The number of imidazole rings is 1. The van der Waals surface area contributed by atoms with Crippen molar-refractivity contribution in [3.05, 3.63) is 60.7 Å². The molecule has 0 saturated carbocycles. The molecule has 3 aromatic rings. The number of para-hydroxylation sites is 2. The van der Waals surface area contributed by atoms with Gasteiger partial charge in [0.15, 0.2) is 0 Å². The second-order valence-electron chi connectivity index (χ2n) is 8.00. The van der Waals surface area contributed by atoms with Gasteiger partial charge in [0.1, 0.15) is 11.5 Å². The first-order valence-electron chi connectivity index (χ1n) is 10.9. The summed E-state index contributed by atoms with van der Waals surface area (Å²) in [7, 11) is 3.24. The maximum Gasteiger partial charge on any atom is 0.223 e. The standard InChI is InChI=1S/C25H30N4O3/c1-4-11-29-23-8-6-5-7-22(23)27-25(29)28-12-9-19(10-13-28)24(30)26-17-18-14-20(31-2)16-21(15-18)32-3/h4-8,14-16,19H,1,9-13,17H2,2-3H3,(H,26,30). The van der Waals surface area contributed by atoms with Crippen molar-refractivity contribution in [2.75, 3.05) is 32.2 Å². The smallest absolute Gasteiger partial charge is 0.223 e. The Kier molecular flexibility index (Phi) is 6.63. The largest absolute Gasteiger partial charge is 0.497 e. The fourth-order valence-corrected chi connectivity index (χ4v) is 4.26. The fraction of sp³-hybridized carbons (Fsp3) is 0.360. The molecule has 1 aliphatic heterocycles. The third kappa shape index (κ3) is 4.56. The highest BCUT2D eigenvalue weighted by Gasteiger charge is 2.27. The van der Waals surface area contributed by atoms with Crippen molar-refractivity contribution in [1.29, 1.82) is 0 Å². The molecule has 4 rings (SSSR count). The number of ether oxygens (including phenoxy) is 2. The van der Waals surface area contributed by atoms with Gasteiger partial charge in [-0.1, -0.05) is 18.2 Å². The second kappa shape index (κ2) is 9.77. The first-order valence-corrected chi connectivity index (χ1v) is 10.9. The summed E-state index contributed by atoms with van der Waals surface area (Å²) in [6.07, 6.45) is 3.49. The van der Waals surface area contributed by atoms with E-state index in [0.717, 1.165) is 48.5 Å². The predicted octanol–water partition coefficient (Wildman–Crippen LogP) is 3.77. The molecule has 2 heterocycles. The Labute approximate surface area is 188 Å². The Balaban J connectivity index is 1.38. The molecule has 1 aromatic heterocycles. The number of carbonyl (C=O) groups is 1. The van der Waals surface area contributed by atoms with Gasteiger partial charge >= 0.3 is 0 Å². The molecule has 1 aliphatic rings. The Morgan fingerprint density at radius 2 is 1.84 bits per heavy atom. The molecule has 1 N–H and O–H groups in total. The molecule has 168 valence electrons. The summed E-state index contributed by atoms with van der Waals surface area (Å²) in [6.45, 7) is 6.64. The summed E-state index contributed by atoms with van der Waals surface area (Å²) >= 11 is 0. The van der Waals surface area contributed by atoms with Gasteiger partial charge < -0.3 is 24.3 Å². The van der Waals surface area contributed by atoms with Crippen molar-refractivity contribution in [1.82, 2.24) is 14.9 Å². The van der Waals surface area contributed by atoms with Gasteiger partial charge in [-0.25, -0.2) is 4.98 Å². The summed E-state index contributed by atoms with van der Waals surface area (Å²) in [6, 6.07) is 13.8. The van der Waals surface area contributed by atoms with E-state index in [1.807, 2.05) is 42.5 Å². The van der Waals surface area contributed by atoms with Crippen molar-refractivity contribution >= 4 is 22.9 Å². The summed E-state index contributed by atoms with van der Waals surface area (Å²) in [5.41, 5.74) is 3.04. The quantitative estimate of drug-likeness (QED) is 0.547. The molecule has 0 bridgehead atoms. The van der Waals surface area contributed by atoms with Gasteiger partial charge in [0.05, 0.1) is 25.3 Å². The van der Waals surface area contributed by atoms with Gasteiger partial charge in [-0.15, -0.1) is 6.58 Å². The van der Waals surface area contributed by atoms with E-state index in [2.05, 4.69) is 27.4 Å². The summed E-state index contributed by atoms with van der Waals surface area (Å²) < 4.78 is 12.8. The number of amides is 1. The topological polar surface area (TPSA) is 68.6 Å². The average Bonchev–Trinajstić information content (AvgIpc) is 3.21. The van der Waals surface area contributed by atoms with Crippen molar-refractivity contribution in [2.24, 2.45) is 5.92 Å². The zero-order valence-electron chi connectivity index (χ0n) is 18.7. The number of methoxy groups -OCH3 is 2. The monoisotopic (exact) mass is 434 g/mol. The minimum Gasteiger partial charge on any atom is -0.497 e. The lowest BCUT2D eigenvalue weighted by atomic mass is 9.96. The van der Waals surface area contributed by atoms with E-state index in [1.54, 1.807) is 14.2 Å². The SMILES string of the molecule is C=CCn1c(N2CCC(C(=O)NCc3cc(OC)cc(OC)c3)CC2)nc2ccccc21. The second-order valence-corrected chi connectivity index (χ2v) is 8.00. The number of nitrogens with zero attached hydrogens (tertiary/aromatic N) is 3. The van der Waals surface area contributed by atoms with Crippen LogP contribution in [0.15, 0.2) is 55.1 Å². The number of fused-ring (bicyclic) bond motifs is 1. The van der Waals surface area contributed by atoms with E-state index < -0.39 is 0 Å². The Hall–Kier alpha value is -3.48. The molecule has 0 spiro atoms. The van der Waals surface area contributed by atoms with Gasteiger partial charge in [0.2, 0.25) is 11.9 Å². The van der Waals surface area contributed by atoms with Crippen LogP contribution in [0.5, 0.6) is 11.5 Å². The van der Waals surface area contributed by atoms with E-state index in [-0.39, 0.29) is 11.8 Å². The van der Waals surface area contributed by atoms with Crippen LogP contribution < -0.4 is 19.7 Å². The van der Waals surface area contributed by atoms with Gasteiger partial charge in [0, 0.05) is 38.2 Å². The van der Waals surface area contributed by atoms with Gasteiger partial charge in [-0.3, -0.25) is 4.79 Å². The van der Waals surface area contributed by atoms with Crippen molar-refractivity contribution in [2.45, 2.75) is 25.9 Å². The summed E-state index contributed by atoms with van der Waals surface area (Å²) in [4.78, 5) is 19.9. The lowest BCUT2D eigenvalue weighted by Crippen LogP contribution is -2.41. The molecule has 7 heteroatoms. The van der Waals surface area contributed by atoms with Gasteiger partial charge in [-0.05, 0) is 42.7 Å². The number of aromatic nitrogens is 2. The Bertz CT molecular complexity index is 1080. The number of piperidine rings is 1. The predicted molar refractivity (Wildman–Crippen MR) is 126 cm³/mol. The molecule has 7 nitrogen and oxygen atoms in total. The molecule has 32 heavy (non-hydrogen) atoms. The third-order valence-electron chi connectivity index (χ3n) is 5.97. The number of hydrogen-bond acceptors (Lipinski definition) is 5. The first kappa shape index (κ1) is 21.7. The number of hydrogen-bond donors (Lipinski definition) is 1. The number of rotatable bonds is 8. The molecule has 0 unspecified atom stereocenters. The minimum absolute atomic E-state index is 0.00372. The van der Waals surface area contributed by atoms with Crippen LogP contribution in [0.3, 0.4) is 0 Å². The lowest BCUT2D eigenvalue weighted by Gasteiger charge is -2.32. The van der Waals surface area contributed by atoms with Crippen LogP contribution in [0.25, 0.3) is 11.0 Å². The van der Waals surface area contributed by atoms with Crippen LogP contribution in [0, 0.1) is 5.92 Å². The lowest BCUT2D eigenvalue weighted by molar-refractivity contribution is -0.125. The first-order chi connectivity index (χ1) is 15.6. The number of benzene rings is 2. The van der Waals surface area contributed by atoms with E-state index >= 15 is 0 Å². The molecule has 0 atom stereocenters. The molecule has 2 aromatic carbocycles. The minimum atomic E-state index is -0.00372. The number of nitrogens with one attached hydrogen (secondary N) is 1. The third-order valence-corrected chi connectivity index (χ3v) is 5.97. The highest BCUT2D eigenvalue weighted by Crippen LogP contribution is 2.27. The van der Waals surface area contributed by atoms with Crippen LogP contribution in [0.4, 0.5) is 5.95 Å². The van der Waals surface area contributed by atoms with Crippen LogP contribution >= 0.6 is 0 Å². The highest BCUT2D eigenvalue weighted by atomic mass is 16.5. The number of carbonyl (C=O) groups excluding carboxylic acids is 1. The average molecular weight is 435 g/mol. The van der Waals surface area contributed by atoms with Crippen molar-refractivity contribution in [3.8, 4) is 11.5 Å². The van der Waals surface area contributed by atoms with E-state index in [1.165, 1.54) is 0 Å². The molecule has 0 aliphatic carbocycles. The maximum atomic E-state index is 12.8. The zero-order chi connectivity index (χ0) is 22.5. The zero-order valence-corrected chi connectivity index (χ0v) is 18.7. The summed E-state index contributed by atoms with van der Waals surface area (Å²) in [5, 5.41) is 3.08. The maximum absolute atomic E-state index is 12.8. The molecular formula is C25H30N4O3. The number of anilines is 1. The van der Waals surface area contributed by atoms with Gasteiger partial charge in [0.25, 0.3) is 0 Å². The van der Waals surface area contributed by atoms with E-state index in [0.29, 0.717) is 24.6 Å². The molecule has 1 amide bonds. The van der Waals surface area contributed by atoms with Crippen LogP contribution in [0.2, 0.25) is 0 Å². The van der Waals surface area contributed by atoms with Crippen LogP contribution in [-0.4, -0.2) is 42.8 Å². The Morgan fingerprint density at radius 3 is 2.50 bits per heavy atom. The van der Waals surface area contributed by atoms with Gasteiger partial charge in [-0.2, -0.15) is 0 Å². The van der Waals surface area contributed by atoms with E-state index in [4.69, 9.17) is 14.5 Å². The Morgan fingerprint density at radius 1 is 1.16 bits per heavy atom. The number of allylic oxidation sites excluding steroid dienone is 1. The van der Waals surface area contributed by atoms with Crippen molar-refractivity contribution in [3.63, 3.8) is 0 Å². The van der Waals surface area contributed by atoms with E-state index in [9.17, 15) is 4.79 Å². The highest BCUT2D eigenvalue weighted by molar-refractivity contribution is 5.80.